The molecule has 4 N–H and O–H groups in total. The second kappa shape index (κ2) is 12.6. The van der Waals surface area contributed by atoms with Crippen LogP contribution >= 0.6 is 0 Å². The molecule has 7 nitrogen and oxygen atoms in total. The molecule has 0 radical (unpaired) electrons. The second-order valence-electron chi connectivity index (χ2n) is 8.48. The molecule has 0 saturated heterocycles. The SMILES string of the molecule is CCCCNC(=O)c1cccc(NC(=O)CNc2cccc(C(=O)NC3CCCCC3)c2)c1. The fourth-order valence-electron chi connectivity index (χ4n) is 3.89. The lowest BCUT2D eigenvalue weighted by Crippen LogP contribution is -2.36. The Bertz CT molecular complexity index is 954. The molecule has 0 aromatic heterocycles. The molecule has 1 saturated carbocycles. The van der Waals surface area contributed by atoms with Gasteiger partial charge in [-0.2, -0.15) is 0 Å². The Labute approximate surface area is 195 Å². The Kier molecular flexibility index (Phi) is 9.30. The third-order valence-corrected chi connectivity index (χ3v) is 5.74. The number of nitrogens with one attached hydrogen (secondary N) is 4. The molecule has 7 heteroatoms. The van der Waals surface area contributed by atoms with Crippen molar-refractivity contribution in [3.63, 3.8) is 0 Å². The zero-order chi connectivity index (χ0) is 23.5. The van der Waals surface area contributed by atoms with Crippen LogP contribution in [0.4, 0.5) is 11.4 Å². The number of carbonyl (C=O) groups is 3. The maximum Gasteiger partial charge on any atom is 0.251 e. The summed E-state index contributed by atoms with van der Waals surface area (Å²) in [6.07, 6.45) is 7.57. The van der Waals surface area contributed by atoms with E-state index >= 15 is 0 Å². The fourth-order valence-corrected chi connectivity index (χ4v) is 3.89. The van der Waals surface area contributed by atoms with Gasteiger partial charge >= 0.3 is 0 Å². The van der Waals surface area contributed by atoms with Crippen LogP contribution < -0.4 is 21.3 Å². The Morgan fingerprint density at radius 2 is 1.55 bits per heavy atom. The van der Waals surface area contributed by atoms with Crippen LogP contribution in [0.2, 0.25) is 0 Å². The van der Waals surface area contributed by atoms with Gasteiger partial charge in [0.05, 0.1) is 6.54 Å². The molecule has 0 atom stereocenters. The van der Waals surface area contributed by atoms with Crippen LogP contribution in [0.25, 0.3) is 0 Å². The summed E-state index contributed by atoms with van der Waals surface area (Å²) in [4.78, 5) is 37.2. The molecule has 0 aliphatic heterocycles. The Morgan fingerprint density at radius 1 is 0.879 bits per heavy atom. The standard InChI is InChI=1S/C26H34N4O3/c1-2-3-15-27-25(32)19-9-8-14-23(17-19)29-24(31)18-28-22-13-7-10-20(16-22)26(33)30-21-11-5-4-6-12-21/h7-10,13-14,16-17,21,28H,2-6,11-12,15,18H2,1H3,(H,27,32)(H,29,31)(H,30,33). The number of anilines is 2. The van der Waals surface area contributed by atoms with Crippen molar-refractivity contribution in [3.05, 3.63) is 59.7 Å². The second-order valence-corrected chi connectivity index (χ2v) is 8.48. The maximum absolute atomic E-state index is 12.6. The summed E-state index contributed by atoms with van der Waals surface area (Å²) in [6, 6.07) is 14.3. The highest BCUT2D eigenvalue weighted by molar-refractivity contribution is 5.98. The normalized spacial score (nSPS) is 13.7. The number of amides is 3. The largest absolute Gasteiger partial charge is 0.376 e. The minimum absolute atomic E-state index is 0.0423. The van der Waals surface area contributed by atoms with Crippen molar-refractivity contribution in [2.75, 3.05) is 23.7 Å². The van der Waals surface area contributed by atoms with Crippen molar-refractivity contribution in [2.24, 2.45) is 0 Å². The van der Waals surface area contributed by atoms with Crippen LogP contribution in [0, 0.1) is 0 Å². The highest BCUT2D eigenvalue weighted by Gasteiger charge is 2.17. The minimum atomic E-state index is -0.240. The van der Waals surface area contributed by atoms with E-state index in [1.165, 1.54) is 6.42 Å². The molecule has 1 fully saturated rings. The van der Waals surface area contributed by atoms with E-state index in [-0.39, 0.29) is 30.3 Å². The van der Waals surface area contributed by atoms with E-state index in [0.29, 0.717) is 29.0 Å². The molecule has 176 valence electrons. The first-order valence-corrected chi connectivity index (χ1v) is 11.9. The van der Waals surface area contributed by atoms with Gasteiger partial charge in [-0.25, -0.2) is 0 Å². The number of rotatable bonds is 10. The summed E-state index contributed by atoms with van der Waals surface area (Å²) >= 11 is 0. The Morgan fingerprint density at radius 3 is 2.27 bits per heavy atom. The maximum atomic E-state index is 12.6. The van der Waals surface area contributed by atoms with E-state index in [0.717, 1.165) is 38.5 Å². The van der Waals surface area contributed by atoms with Gasteiger partial charge in [-0.15, -0.1) is 0 Å². The van der Waals surface area contributed by atoms with E-state index in [1.807, 2.05) is 6.07 Å². The van der Waals surface area contributed by atoms with Gasteiger partial charge in [0, 0.05) is 35.1 Å². The molecule has 0 bridgehead atoms. The molecule has 33 heavy (non-hydrogen) atoms. The predicted octanol–water partition coefficient (Wildman–Crippen LogP) is 4.33. The molecule has 1 aliphatic rings. The molecule has 3 rings (SSSR count). The first-order valence-electron chi connectivity index (χ1n) is 11.9. The minimum Gasteiger partial charge on any atom is -0.376 e. The molecular formula is C26H34N4O3. The summed E-state index contributed by atoms with van der Waals surface area (Å²) in [5, 5.41) is 11.9. The molecule has 0 heterocycles. The monoisotopic (exact) mass is 450 g/mol. The van der Waals surface area contributed by atoms with Gasteiger partial charge in [0.1, 0.15) is 0 Å². The van der Waals surface area contributed by atoms with Crippen molar-refractivity contribution < 1.29 is 14.4 Å². The highest BCUT2D eigenvalue weighted by atomic mass is 16.2. The van der Waals surface area contributed by atoms with E-state index in [1.54, 1.807) is 42.5 Å². The van der Waals surface area contributed by atoms with Gasteiger partial charge in [0.25, 0.3) is 11.8 Å². The number of carbonyl (C=O) groups excluding carboxylic acids is 3. The van der Waals surface area contributed by atoms with Gasteiger partial charge in [-0.05, 0) is 55.7 Å². The van der Waals surface area contributed by atoms with Crippen LogP contribution in [0.15, 0.2) is 48.5 Å². The average Bonchev–Trinajstić information content (AvgIpc) is 2.84. The van der Waals surface area contributed by atoms with Gasteiger partial charge in [0.2, 0.25) is 5.91 Å². The third kappa shape index (κ3) is 7.93. The molecule has 0 unspecified atom stereocenters. The van der Waals surface area contributed by atoms with Crippen molar-refractivity contribution in [3.8, 4) is 0 Å². The number of benzene rings is 2. The number of unbranched alkanes of at least 4 members (excludes halogenated alkanes) is 1. The first-order chi connectivity index (χ1) is 16.0. The lowest BCUT2D eigenvalue weighted by molar-refractivity contribution is -0.114. The zero-order valence-electron chi connectivity index (χ0n) is 19.3. The summed E-state index contributed by atoms with van der Waals surface area (Å²) in [6.45, 7) is 2.74. The molecule has 0 spiro atoms. The third-order valence-electron chi connectivity index (χ3n) is 5.74. The van der Waals surface area contributed by atoms with Crippen molar-refractivity contribution in [2.45, 2.75) is 57.9 Å². The van der Waals surface area contributed by atoms with Crippen LogP contribution in [-0.2, 0) is 4.79 Å². The van der Waals surface area contributed by atoms with E-state index in [9.17, 15) is 14.4 Å². The summed E-state index contributed by atoms with van der Waals surface area (Å²) < 4.78 is 0. The van der Waals surface area contributed by atoms with E-state index < -0.39 is 0 Å². The van der Waals surface area contributed by atoms with Crippen molar-refractivity contribution >= 4 is 29.1 Å². The van der Waals surface area contributed by atoms with Crippen LogP contribution in [0.5, 0.6) is 0 Å². The Balaban J connectivity index is 1.49. The van der Waals surface area contributed by atoms with Gasteiger partial charge in [-0.1, -0.05) is 44.7 Å². The lowest BCUT2D eigenvalue weighted by Gasteiger charge is -2.22. The van der Waals surface area contributed by atoms with Gasteiger partial charge in [-0.3, -0.25) is 14.4 Å². The van der Waals surface area contributed by atoms with Crippen LogP contribution in [0.3, 0.4) is 0 Å². The molecule has 2 aromatic rings. The van der Waals surface area contributed by atoms with Gasteiger partial charge < -0.3 is 21.3 Å². The molecular weight excluding hydrogens is 416 g/mol. The predicted molar refractivity (Wildman–Crippen MR) is 132 cm³/mol. The number of hydrogen-bond donors (Lipinski definition) is 4. The molecule has 1 aliphatic carbocycles. The first kappa shape index (κ1) is 24.3. The van der Waals surface area contributed by atoms with Crippen molar-refractivity contribution in [1.29, 1.82) is 0 Å². The average molecular weight is 451 g/mol. The molecule has 3 amide bonds. The lowest BCUT2D eigenvalue weighted by atomic mass is 9.95. The smallest absolute Gasteiger partial charge is 0.251 e. The van der Waals surface area contributed by atoms with Crippen LogP contribution in [-0.4, -0.2) is 36.9 Å². The van der Waals surface area contributed by atoms with Crippen molar-refractivity contribution in [1.82, 2.24) is 10.6 Å². The summed E-state index contributed by atoms with van der Waals surface area (Å²) in [5.74, 6) is -0.472. The quantitative estimate of drug-likeness (QED) is 0.405. The zero-order valence-corrected chi connectivity index (χ0v) is 19.3. The van der Waals surface area contributed by atoms with E-state index in [4.69, 9.17) is 0 Å². The topological polar surface area (TPSA) is 99.3 Å². The highest BCUT2D eigenvalue weighted by Crippen LogP contribution is 2.18. The fraction of sp³-hybridized carbons (Fsp3) is 0.423. The Hall–Kier alpha value is -3.35. The molecule has 2 aromatic carbocycles. The number of hydrogen-bond acceptors (Lipinski definition) is 4. The van der Waals surface area contributed by atoms with E-state index in [2.05, 4.69) is 28.2 Å². The summed E-state index contributed by atoms with van der Waals surface area (Å²) in [5.41, 5.74) is 2.34. The van der Waals surface area contributed by atoms with Gasteiger partial charge in [0.15, 0.2) is 0 Å². The summed E-state index contributed by atoms with van der Waals surface area (Å²) in [7, 11) is 0. The van der Waals surface area contributed by atoms with Crippen LogP contribution in [0.1, 0.15) is 72.6 Å².